The number of nitrogens with one attached hydrogen (secondary N) is 1. The summed E-state index contributed by atoms with van der Waals surface area (Å²) in [6.45, 7) is 5.66. The lowest BCUT2D eigenvalue weighted by Gasteiger charge is -2.39. The predicted octanol–water partition coefficient (Wildman–Crippen LogP) is 0.772. The fraction of sp³-hybridized carbons (Fsp3) is 0.280. The summed E-state index contributed by atoms with van der Waals surface area (Å²) in [6, 6.07) is 9.19. The molecule has 5 rings (SSSR count). The van der Waals surface area contributed by atoms with Gasteiger partial charge in [-0.25, -0.2) is 4.99 Å². The van der Waals surface area contributed by atoms with Gasteiger partial charge in [0.2, 0.25) is 0 Å². The van der Waals surface area contributed by atoms with Gasteiger partial charge in [-0.1, -0.05) is 24.3 Å². The number of rotatable bonds is 5. The minimum atomic E-state index is -0.370. The molecule has 3 aliphatic rings. The number of amides is 2. The van der Waals surface area contributed by atoms with Crippen molar-refractivity contribution in [2.45, 2.75) is 25.9 Å². The van der Waals surface area contributed by atoms with E-state index in [1.165, 1.54) is 0 Å². The van der Waals surface area contributed by atoms with E-state index in [1.54, 1.807) is 11.0 Å². The normalized spacial score (nSPS) is 20.5. The van der Waals surface area contributed by atoms with E-state index < -0.39 is 0 Å². The average molecular weight is 444 g/mol. The highest BCUT2D eigenvalue weighted by atomic mass is 16.2. The minimum absolute atomic E-state index is 0.00393. The lowest BCUT2D eigenvalue weighted by Crippen LogP contribution is -2.81. The summed E-state index contributed by atoms with van der Waals surface area (Å²) >= 11 is 0. The Balaban J connectivity index is 1.33. The number of aromatic nitrogens is 2. The first-order valence-corrected chi connectivity index (χ1v) is 11.1. The Hall–Kier alpha value is -3.94. The van der Waals surface area contributed by atoms with Crippen molar-refractivity contribution >= 4 is 28.9 Å². The number of allylic oxidation sites excluding steroid dienone is 2. The monoisotopic (exact) mass is 443 g/mol. The van der Waals surface area contributed by atoms with Crippen molar-refractivity contribution in [3.63, 3.8) is 0 Å². The van der Waals surface area contributed by atoms with Crippen molar-refractivity contribution in [3.05, 3.63) is 77.7 Å². The van der Waals surface area contributed by atoms with Crippen LogP contribution in [0, 0.1) is 0 Å². The van der Waals surface area contributed by atoms with Crippen LogP contribution in [0.2, 0.25) is 0 Å². The van der Waals surface area contributed by atoms with Gasteiger partial charge >= 0.3 is 0 Å². The van der Waals surface area contributed by atoms with Crippen molar-refractivity contribution in [2.75, 3.05) is 25.4 Å². The van der Waals surface area contributed by atoms with Crippen molar-refractivity contribution in [2.24, 2.45) is 0 Å². The van der Waals surface area contributed by atoms with Crippen LogP contribution in [0.1, 0.15) is 35.8 Å². The SMILES string of the molecule is C/C=C/CN1C=C(c2ccc(C(=O)N3CC(n4ccc(N)n4)C3)cc2)C2=CC(C)=[NH+]C2C1=O. The topological polar surface area (TPSA) is 98.4 Å². The summed E-state index contributed by atoms with van der Waals surface area (Å²) in [6.07, 6.45) is 9.69. The molecule has 4 heterocycles. The zero-order valence-electron chi connectivity index (χ0n) is 18.7. The van der Waals surface area contributed by atoms with Crippen LogP contribution in [-0.4, -0.2) is 62.8 Å². The first kappa shape index (κ1) is 20.9. The van der Waals surface area contributed by atoms with Gasteiger partial charge in [0.1, 0.15) is 5.82 Å². The first-order valence-electron chi connectivity index (χ1n) is 11.1. The molecule has 1 aromatic carbocycles. The number of likely N-dealkylation sites (tertiary alicyclic amines) is 1. The second kappa shape index (κ2) is 8.20. The van der Waals surface area contributed by atoms with E-state index in [-0.39, 0.29) is 23.9 Å². The molecule has 8 heteroatoms. The van der Waals surface area contributed by atoms with Crippen LogP contribution in [-0.2, 0) is 4.79 Å². The molecule has 3 aliphatic heterocycles. The summed E-state index contributed by atoms with van der Waals surface area (Å²) in [7, 11) is 0. The third kappa shape index (κ3) is 3.77. The fourth-order valence-corrected chi connectivity index (χ4v) is 4.47. The molecule has 2 amide bonds. The number of fused-ring (bicyclic) bond motifs is 1. The standard InChI is InChI=1S/C25H26N6O2/c1-3-4-10-29-15-21(20-12-16(2)27-23(20)25(29)33)17-5-7-18(8-6-17)24(32)30-13-19(14-30)31-11-9-22(26)28-31/h3-9,11-12,15,19,23H,10,13-14H2,1-2H3,(H2,26,28)/p+1/b4-3+. The number of nitrogens with zero attached hydrogens (tertiary/aromatic N) is 4. The van der Waals surface area contributed by atoms with Crippen LogP contribution in [0.3, 0.4) is 0 Å². The zero-order valence-corrected chi connectivity index (χ0v) is 18.7. The van der Waals surface area contributed by atoms with E-state index in [1.807, 2.05) is 78.3 Å². The van der Waals surface area contributed by atoms with E-state index in [4.69, 9.17) is 5.73 Å². The highest BCUT2D eigenvalue weighted by Crippen LogP contribution is 2.32. The maximum Gasteiger partial charge on any atom is 0.300 e. The molecule has 3 N–H and O–H groups in total. The first-order chi connectivity index (χ1) is 15.9. The van der Waals surface area contributed by atoms with Crippen LogP contribution in [0.5, 0.6) is 0 Å². The quantitative estimate of drug-likeness (QED) is 0.667. The third-order valence-corrected chi connectivity index (χ3v) is 6.31. The van der Waals surface area contributed by atoms with Crippen molar-refractivity contribution in [3.8, 4) is 0 Å². The molecule has 168 valence electrons. The summed E-state index contributed by atoms with van der Waals surface area (Å²) < 4.78 is 1.82. The maximum absolute atomic E-state index is 12.9. The lowest BCUT2D eigenvalue weighted by molar-refractivity contribution is -0.472. The summed E-state index contributed by atoms with van der Waals surface area (Å²) in [5.74, 6) is 0.531. The van der Waals surface area contributed by atoms with Gasteiger partial charge in [0, 0.05) is 61.7 Å². The van der Waals surface area contributed by atoms with Gasteiger partial charge < -0.3 is 15.5 Å². The van der Waals surface area contributed by atoms with Gasteiger partial charge in [-0.15, -0.1) is 0 Å². The van der Waals surface area contributed by atoms with Crippen molar-refractivity contribution in [1.29, 1.82) is 0 Å². The molecule has 1 atom stereocenters. The number of nitrogens with two attached hydrogens (primary N) is 1. The van der Waals surface area contributed by atoms with Crippen molar-refractivity contribution in [1.82, 2.24) is 19.6 Å². The smallest absolute Gasteiger partial charge is 0.300 e. The van der Waals surface area contributed by atoms with Crippen LogP contribution >= 0.6 is 0 Å². The van der Waals surface area contributed by atoms with Gasteiger partial charge in [0.05, 0.1) is 6.04 Å². The molecule has 0 spiro atoms. The number of benzene rings is 1. The van der Waals surface area contributed by atoms with E-state index in [9.17, 15) is 9.59 Å². The Morgan fingerprint density at radius 2 is 2.00 bits per heavy atom. The third-order valence-electron chi connectivity index (χ3n) is 6.31. The highest BCUT2D eigenvalue weighted by molar-refractivity contribution is 6.05. The van der Waals surface area contributed by atoms with Gasteiger partial charge in [0.25, 0.3) is 17.9 Å². The summed E-state index contributed by atoms with van der Waals surface area (Å²) in [4.78, 5) is 32.6. The molecule has 33 heavy (non-hydrogen) atoms. The van der Waals surface area contributed by atoms with E-state index in [0.717, 1.165) is 22.4 Å². The second-order valence-corrected chi connectivity index (χ2v) is 8.62. The Kier molecular flexibility index (Phi) is 5.20. The Bertz CT molecular complexity index is 1230. The molecule has 1 aromatic heterocycles. The van der Waals surface area contributed by atoms with Gasteiger partial charge in [-0.05, 0) is 30.7 Å². The van der Waals surface area contributed by atoms with Gasteiger partial charge in [0.15, 0.2) is 5.71 Å². The second-order valence-electron chi connectivity index (χ2n) is 8.62. The molecular formula is C25H27N6O2+. The lowest BCUT2D eigenvalue weighted by atomic mass is 9.90. The van der Waals surface area contributed by atoms with Crippen LogP contribution in [0.4, 0.5) is 5.82 Å². The molecule has 1 saturated heterocycles. The molecule has 0 radical (unpaired) electrons. The molecule has 8 nitrogen and oxygen atoms in total. The molecule has 0 saturated carbocycles. The maximum atomic E-state index is 12.9. The molecule has 1 unspecified atom stereocenters. The summed E-state index contributed by atoms with van der Waals surface area (Å²) in [5, 5.41) is 4.23. The Labute approximate surface area is 192 Å². The number of carbonyl (C=O) groups excluding carboxylic acids is 2. The van der Waals surface area contributed by atoms with Crippen LogP contribution in [0.25, 0.3) is 5.57 Å². The number of carbonyl (C=O) groups is 2. The van der Waals surface area contributed by atoms with Crippen LogP contribution < -0.4 is 10.7 Å². The van der Waals surface area contributed by atoms with E-state index >= 15 is 0 Å². The van der Waals surface area contributed by atoms with Gasteiger partial charge in [-0.3, -0.25) is 14.3 Å². The predicted molar refractivity (Wildman–Crippen MR) is 126 cm³/mol. The number of hydrogen-bond donors (Lipinski definition) is 2. The number of nitrogen functional groups attached to an aromatic ring is 1. The van der Waals surface area contributed by atoms with Crippen LogP contribution in [0.15, 0.2) is 66.5 Å². The van der Waals surface area contributed by atoms with E-state index in [0.29, 0.717) is 31.0 Å². The minimum Gasteiger partial charge on any atom is -0.382 e. The molecule has 0 bridgehead atoms. The molecule has 2 aromatic rings. The largest absolute Gasteiger partial charge is 0.382 e. The summed E-state index contributed by atoms with van der Waals surface area (Å²) in [5.41, 5.74) is 10.2. The number of hydrogen-bond acceptors (Lipinski definition) is 4. The molecule has 0 aliphatic carbocycles. The molecule has 1 fully saturated rings. The fourth-order valence-electron chi connectivity index (χ4n) is 4.47. The average Bonchev–Trinajstić information content (AvgIpc) is 3.38. The van der Waals surface area contributed by atoms with Crippen molar-refractivity contribution < 1.29 is 14.6 Å². The Morgan fingerprint density at radius 1 is 1.24 bits per heavy atom. The number of anilines is 1. The highest BCUT2D eigenvalue weighted by Gasteiger charge is 2.41. The van der Waals surface area contributed by atoms with E-state index in [2.05, 4.69) is 10.1 Å². The Morgan fingerprint density at radius 3 is 2.67 bits per heavy atom. The zero-order chi connectivity index (χ0) is 23.1. The molecular weight excluding hydrogens is 416 g/mol. The van der Waals surface area contributed by atoms with Gasteiger partial charge in [-0.2, -0.15) is 5.10 Å².